The summed E-state index contributed by atoms with van der Waals surface area (Å²) in [6, 6.07) is 2.78. The van der Waals surface area contributed by atoms with Crippen LogP contribution < -0.4 is 10.6 Å². The summed E-state index contributed by atoms with van der Waals surface area (Å²) in [5.74, 6) is 0.157. The number of carbonyl (C=O) groups is 1. The minimum atomic E-state index is -0.602. The van der Waals surface area contributed by atoms with Gasteiger partial charge in [0.15, 0.2) is 5.82 Å². The lowest BCUT2D eigenvalue weighted by atomic mass is 10.3. The first-order valence-corrected chi connectivity index (χ1v) is 6.16. The molecular weight excluding hydrogens is 287 g/mol. The van der Waals surface area contributed by atoms with Gasteiger partial charge in [-0.15, -0.1) is 0 Å². The largest absolute Gasteiger partial charge is 0.337 e. The van der Waals surface area contributed by atoms with Crippen LogP contribution in [-0.2, 0) is 0 Å². The van der Waals surface area contributed by atoms with Gasteiger partial charge in [0.1, 0.15) is 11.9 Å². The van der Waals surface area contributed by atoms with Crippen LogP contribution >= 0.6 is 11.6 Å². The van der Waals surface area contributed by atoms with E-state index in [9.17, 15) is 9.18 Å². The second kappa shape index (κ2) is 5.87. The first-order chi connectivity index (χ1) is 9.45. The molecule has 2 aromatic rings. The third kappa shape index (κ3) is 3.45. The Bertz CT molecular complexity index is 632. The van der Waals surface area contributed by atoms with Crippen LogP contribution in [0.5, 0.6) is 0 Å². The van der Waals surface area contributed by atoms with Crippen molar-refractivity contribution in [3.63, 3.8) is 0 Å². The van der Waals surface area contributed by atoms with Crippen LogP contribution in [0.15, 0.2) is 22.7 Å². The third-order valence-electron chi connectivity index (χ3n) is 2.44. The van der Waals surface area contributed by atoms with Gasteiger partial charge in [-0.1, -0.05) is 16.8 Å². The molecule has 2 amide bonds. The lowest BCUT2D eigenvalue weighted by Gasteiger charge is -2.11. The highest BCUT2D eigenvalue weighted by atomic mass is 35.5. The van der Waals surface area contributed by atoms with Crippen LogP contribution in [0.4, 0.5) is 14.9 Å². The molecule has 2 rings (SSSR count). The zero-order chi connectivity index (χ0) is 14.7. The van der Waals surface area contributed by atoms with E-state index < -0.39 is 17.9 Å². The molecule has 1 heterocycles. The molecule has 0 bridgehead atoms. The zero-order valence-electron chi connectivity index (χ0n) is 10.8. The Balaban J connectivity index is 2.00. The molecule has 1 aromatic heterocycles. The molecule has 0 saturated carbocycles. The van der Waals surface area contributed by atoms with E-state index in [1.165, 1.54) is 18.2 Å². The number of benzene rings is 1. The summed E-state index contributed by atoms with van der Waals surface area (Å²) in [6.45, 7) is 3.34. The van der Waals surface area contributed by atoms with Gasteiger partial charge in [-0.05, 0) is 32.0 Å². The molecule has 0 fully saturated rings. The molecule has 1 aromatic carbocycles. The van der Waals surface area contributed by atoms with E-state index in [1.54, 1.807) is 13.8 Å². The minimum absolute atomic E-state index is 0.0103. The van der Waals surface area contributed by atoms with Gasteiger partial charge in [-0.2, -0.15) is 4.98 Å². The molecular formula is C12H12ClFN4O2. The van der Waals surface area contributed by atoms with E-state index in [0.717, 1.165) is 0 Å². The molecule has 0 saturated heterocycles. The highest BCUT2D eigenvalue weighted by Gasteiger charge is 2.16. The van der Waals surface area contributed by atoms with E-state index in [1.807, 2.05) is 0 Å². The van der Waals surface area contributed by atoms with Crippen LogP contribution in [0, 0.1) is 12.7 Å². The Morgan fingerprint density at radius 3 is 2.90 bits per heavy atom. The fraction of sp³-hybridized carbons (Fsp3) is 0.250. The molecule has 8 heteroatoms. The maximum absolute atomic E-state index is 13.5. The lowest BCUT2D eigenvalue weighted by molar-refractivity contribution is 0.245. The number of nitrogens with one attached hydrogen (secondary N) is 2. The van der Waals surface area contributed by atoms with Crippen molar-refractivity contribution in [2.24, 2.45) is 0 Å². The molecule has 0 aliphatic carbocycles. The number of aromatic nitrogens is 2. The Labute approximate surface area is 119 Å². The van der Waals surface area contributed by atoms with E-state index >= 15 is 0 Å². The molecule has 20 heavy (non-hydrogen) atoms. The maximum Gasteiger partial charge on any atom is 0.319 e. The number of hydrogen-bond donors (Lipinski definition) is 2. The fourth-order valence-electron chi connectivity index (χ4n) is 1.50. The van der Waals surface area contributed by atoms with Crippen LogP contribution in [0.3, 0.4) is 0 Å². The average molecular weight is 299 g/mol. The van der Waals surface area contributed by atoms with Crippen LogP contribution in [-0.4, -0.2) is 16.2 Å². The number of aryl methyl sites for hydroxylation is 1. The van der Waals surface area contributed by atoms with E-state index in [0.29, 0.717) is 10.8 Å². The van der Waals surface area contributed by atoms with Crippen LogP contribution in [0.1, 0.15) is 24.7 Å². The van der Waals surface area contributed by atoms with Gasteiger partial charge < -0.3 is 15.2 Å². The molecule has 0 aliphatic heterocycles. The summed E-state index contributed by atoms with van der Waals surface area (Å²) < 4.78 is 18.4. The molecule has 0 spiro atoms. The normalized spacial score (nSPS) is 12.0. The van der Waals surface area contributed by atoms with Gasteiger partial charge in [-0.25, -0.2) is 9.18 Å². The SMILES string of the molecule is Cc1noc(C(C)NC(=O)Nc2cc(Cl)ccc2F)n1. The summed E-state index contributed by atoms with van der Waals surface area (Å²) in [5.41, 5.74) is -0.0103. The number of rotatable bonds is 3. The predicted molar refractivity (Wildman–Crippen MR) is 71.0 cm³/mol. The number of halogens is 2. The number of carbonyl (C=O) groups excluding carboxylic acids is 1. The first kappa shape index (κ1) is 14.3. The Morgan fingerprint density at radius 1 is 1.50 bits per heavy atom. The number of nitrogens with zero attached hydrogens (tertiary/aromatic N) is 2. The van der Waals surface area contributed by atoms with Crippen molar-refractivity contribution in [2.75, 3.05) is 5.32 Å². The molecule has 1 atom stereocenters. The quantitative estimate of drug-likeness (QED) is 0.912. The lowest BCUT2D eigenvalue weighted by Crippen LogP contribution is -2.31. The van der Waals surface area contributed by atoms with Crippen molar-refractivity contribution in [1.29, 1.82) is 0 Å². The fourth-order valence-corrected chi connectivity index (χ4v) is 1.67. The van der Waals surface area contributed by atoms with Gasteiger partial charge in [0.05, 0.1) is 5.69 Å². The van der Waals surface area contributed by atoms with Crippen molar-refractivity contribution in [3.05, 3.63) is 40.8 Å². The molecule has 106 valence electrons. The average Bonchev–Trinajstić information content (AvgIpc) is 2.80. The Morgan fingerprint density at radius 2 is 2.25 bits per heavy atom. The molecule has 1 unspecified atom stereocenters. The maximum atomic E-state index is 13.5. The van der Waals surface area contributed by atoms with Crippen molar-refractivity contribution in [2.45, 2.75) is 19.9 Å². The van der Waals surface area contributed by atoms with Crippen molar-refractivity contribution < 1.29 is 13.7 Å². The Hall–Kier alpha value is -2.15. The third-order valence-corrected chi connectivity index (χ3v) is 2.67. The van der Waals surface area contributed by atoms with Gasteiger partial charge in [0.25, 0.3) is 0 Å². The van der Waals surface area contributed by atoms with Crippen molar-refractivity contribution >= 4 is 23.3 Å². The van der Waals surface area contributed by atoms with Gasteiger partial charge in [0, 0.05) is 5.02 Å². The molecule has 0 aliphatic rings. The zero-order valence-corrected chi connectivity index (χ0v) is 11.5. The second-order valence-corrected chi connectivity index (χ2v) is 4.56. The highest BCUT2D eigenvalue weighted by Crippen LogP contribution is 2.19. The molecule has 0 radical (unpaired) electrons. The van der Waals surface area contributed by atoms with Gasteiger partial charge in [0.2, 0.25) is 5.89 Å². The number of urea groups is 1. The van der Waals surface area contributed by atoms with E-state index in [4.69, 9.17) is 16.1 Å². The van der Waals surface area contributed by atoms with Crippen LogP contribution in [0.2, 0.25) is 5.02 Å². The predicted octanol–water partition coefficient (Wildman–Crippen LogP) is 3.05. The topological polar surface area (TPSA) is 80.0 Å². The molecule has 6 nitrogen and oxygen atoms in total. The smallest absolute Gasteiger partial charge is 0.319 e. The van der Waals surface area contributed by atoms with Crippen LogP contribution in [0.25, 0.3) is 0 Å². The second-order valence-electron chi connectivity index (χ2n) is 4.12. The van der Waals surface area contributed by atoms with E-state index in [-0.39, 0.29) is 11.6 Å². The number of hydrogen-bond acceptors (Lipinski definition) is 4. The number of anilines is 1. The van der Waals surface area contributed by atoms with Crippen molar-refractivity contribution in [1.82, 2.24) is 15.5 Å². The standard InChI is InChI=1S/C12H12ClFN4O2/c1-6(11-16-7(2)18-20-11)15-12(19)17-10-5-8(13)3-4-9(10)14/h3-6H,1-2H3,(H2,15,17,19). The summed E-state index contributed by atoms with van der Waals surface area (Å²) in [5, 5.41) is 8.85. The Kier molecular flexibility index (Phi) is 4.19. The minimum Gasteiger partial charge on any atom is -0.337 e. The summed E-state index contributed by atoms with van der Waals surface area (Å²) in [7, 11) is 0. The monoisotopic (exact) mass is 298 g/mol. The van der Waals surface area contributed by atoms with E-state index in [2.05, 4.69) is 20.8 Å². The first-order valence-electron chi connectivity index (χ1n) is 5.78. The summed E-state index contributed by atoms with van der Waals surface area (Å²) >= 11 is 5.73. The van der Waals surface area contributed by atoms with Crippen molar-refractivity contribution in [3.8, 4) is 0 Å². The van der Waals surface area contributed by atoms with Gasteiger partial charge >= 0.3 is 6.03 Å². The summed E-state index contributed by atoms with van der Waals surface area (Å²) in [4.78, 5) is 15.7. The number of amides is 2. The molecule has 2 N–H and O–H groups in total. The summed E-state index contributed by atoms with van der Waals surface area (Å²) in [6.07, 6.45) is 0. The van der Waals surface area contributed by atoms with Gasteiger partial charge in [-0.3, -0.25) is 0 Å². The highest BCUT2D eigenvalue weighted by molar-refractivity contribution is 6.30.